The van der Waals surface area contributed by atoms with Crippen LogP contribution in [0.5, 0.6) is 0 Å². The largest absolute Gasteiger partial charge is 0.374 e. The molecule has 132 valence electrons. The van der Waals surface area contributed by atoms with Crippen LogP contribution in [0.1, 0.15) is 46.5 Å². The number of hydrogen-bond donors (Lipinski definition) is 1. The first-order valence-corrected chi connectivity index (χ1v) is 8.67. The highest BCUT2D eigenvalue weighted by Crippen LogP contribution is 2.28. The van der Waals surface area contributed by atoms with Gasteiger partial charge < -0.3 is 15.0 Å². The van der Waals surface area contributed by atoms with Crippen LogP contribution in [0.15, 0.2) is 0 Å². The molecule has 2 unspecified atom stereocenters. The third kappa shape index (κ3) is 5.46. The maximum absolute atomic E-state index is 12.6. The number of fused-ring (bicyclic) bond motifs is 1. The molecule has 23 heavy (non-hydrogen) atoms. The Balaban J connectivity index is 1.84. The Morgan fingerprint density at radius 3 is 2.61 bits per heavy atom. The standard InChI is InChI=1S/C17H31N3O3/c1-17(2,3)18-15(21)11-19(4)12-16(22)20-9-10-23-14-8-6-5-7-13(14)20/h13-14H,5-12H2,1-4H3,(H,18,21). The summed E-state index contributed by atoms with van der Waals surface area (Å²) in [6.45, 7) is 7.67. The fraction of sp³-hybridized carbons (Fsp3) is 0.882. The van der Waals surface area contributed by atoms with Gasteiger partial charge in [0, 0.05) is 12.1 Å². The molecular formula is C17H31N3O3. The number of hydrogen-bond acceptors (Lipinski definition) is 4. The molecule has 6 nitrogen and oxygen atoms in total. The average molecular weight is 325 g/mol. The van der Waals surface area contributed by atoms with Crippen molar-refractivity contribution in [1.82, 2.24) is 15.1 Å². The van der Waals surface area contributed by atoms with Crippen molar-refractivity contribution in [1.29, 1.82) is 0 Å². The molecule has 1 N–H and O–H groups in total. The second-order valence-electron chi connectivity index (χ2n) is 7.82. The lowest BCUT2D eigenvalue weighted by Crippen LogP contribution is -2.57. The summed E-state index contributed by atoms with van der Waals surface area (Å²) in [5.74, 6) is 0.0570. The maximum Gasteiger partial charge on any atom is 0.237 e. The smallest absolute Gasteiger partial charge is 0.237 e. The first-order valence-electron chi connectivity index (χ1n) is 8.67. The normalized spacial score (nSPS) is 25.2. The van der Waals surface area contributed by atoms with Crippen LogP contribution in [0.3, 0.4) is 0 Å². The molecule has 2 fully saturated rings. The summed E-state index contributed by atoms with van der Waals surface area (Å²) in [6, 6.07) is 0.224. The molecule has 2 amide bonds. The van der Waals surface area contributed by atoms with Crippen LogP contribution in [-0.2, 0) is 14.3 Å². The van der Waals surface area contributed by atoms with Crippen molar-refractivity contribution in [3.05, 3.63) is 0 Å². The van der Waals surface area contributed by atoms with Crippen molar-refractivity contribution >= 4 is 11.8 Å². The molecule has 1 aliphatic carbocycles. The van der Waals surface area contributed by atoms with Crippen molar-refractivity contribution in [3.8, 4) is 0 Å². The van der Waals surface area contributed by atoms with Gasteiger partial charge in [0.05, 0.1) is 31.8 Å². The zero-order chi connectivity index (χ0) is 17.0. The van der Waals surface area contributed by atoms with E-state index in [0.29, 0.717) is 13.2 Å². The van der Waals surface area contributed by atoms with Gasteiger partial charge in [-0.1, -0.05) is 12.8 Å². The van der Waals surface area contributed by atoms with E-state index in [9.17, 15) is 9.59 Å². The van der Waals surface area contributed by atoms with Gasteiger partial charge in [0.25, 0.3) is 0 Å². The van der Waals surface area contributed by atoms with Gasteiger partial charge >= 0.3 is 0 Å². The van der Waals surface area contributed by atoms with Gasteiger partial charge in [0.2, 0.25) is 11.8 Å². The monoisotopic (exact) mass is 325 g/mol. The fourth-order valence-electron chi connectivity index (χ4n) is 3.49. The van der Waals surface area contributed by atoms with E-state index in [0.717, 1.165) is 19.3 Å². The van der Waals surface area contributed by atoms with E-state index in [4.69, 9.17) is 4.74 Å². The van der Waals surface area contributed by atoms with E-state index < -0.39 is 0 Å². The quantitative estimate of drug-likeness (QED) is 0.838. The van der Waals surface area contributed by atoms with Crippen molar-refractivity contribution < 1.29 is 14.3 Å². The van der Waals surface area contributed by atoms with Crippen molar-refractivity contribution in [3.63, 3.8) is 0 Å². The van der Waals surface area contributed by atoms with Crippen LogP contribution >= 0.6 is 0 Å². The maximum atomic E-state index is 12.6. The molecule has 1 heterocycles. The number of ether oxygens (including phenoxy) is 1. The average Bonchev–Trinajstić information content (AvgIpc) is 2.44. The number of carbonyl (C=O) groups excluding carboxylic acids is 2. The summed E-state index contributed by atoms with van der Waals surface area (Å²) < 4.78 is 5.82. The van der Waals surface area contributed by atoms with E-state index in [2.05, 4.69) is 5.32 Å². The lowest BCUT2D eigenvalue weighted by Gasteiger charge is -2.44. The summed E-state index contributed by atoms with van der Waals surface area (Å²) in [5.41, 5.74) is -0.249. The van der Waals surface area contributed by atoms with Gasteiger partial charge in [0.15, 0.2) is 0 Å². The summed E-state index contributed by atoms with van der Waals surface area (Å²) in [5, 5.41) is 2.92. The van der Waals surface area contributed by atoms with E-state index in [1.807, 2.05) is 32.7 Å². The SMILES string of the molecule is CN(CC(=O)NC(C)(C)C)CC(=O)N1CCOC2CCCCC21. The van der Waals surface area contributed by atoms with Gasteiger partial charge in [-0.2, -0.15) is 0 Å². The van der Waals surface area contributed by atoms with Crippen LogP contribution in [0.2, 0.25) is 0 Å². The minimum atomic E-state index is -0.249. The number of nitrogens with zero attached hydrogens (tertiary/aromatic N) is 2. The van der Waals surface area contributed by atoms with Crippen LogP contribution in [-0.4, -0.2) is 72.6 Å². The van der Waals surface area contributed by atoms with Crippen LogP contribution in [0, 0.1) is 0 Å². The summed E-state index contributed by atoms with van der Waals surface area (Å²) in [6.07, 6.45) is 4.65. The van der Waals surface area contributed by atoms with Gasteiger partial charge in [-0.05, 0) is 40.7 Å². The third-order valence-corrected chi connectivity index (χ3v) is 4.39. The third-order valence-electron chi connectivity index (χ3n) is 4.39. The highest BCUT2D eigenvalue weighted by atomic mass is 16.5. The van der Waals surface area contributed by atoms with Crippen LogP contribution in [0.25, 0.3) is 0 Å². The predicted molar refractivity (Wildman–Crippen MR) is 89.1 cm³/mol. The minimum absolute atomic E-state index is 0.0506. The predicted octanol–water partition coefficient (Wildman–Crippen LogP) is 1.00. The second-order valence-corrected chi connectivity index (χ2v) is 7.82. The number of amides is 2. The number of likely N-dealkylation sites (N-methyl/N-ethyl adjacent to an activating group) is 1. The number of rotatable bonds is 4. The zero-order valence-electron chi connectivity index (χ0n) is 14.9. The molecular weight excluding hydrogens is 294 g/mol. The zero-order valence-corrected chi connectivity index (χ0v) is 14.9. The molecule has 1 saturated carbocycles. The van der Waals surface area contributed by atoms with E-state index in [1.165, 1.54) is 6.42 Å². The van der Waals surface area contributed by atoms with Crippen molar-refractivity contribution in [2.45, 2.75) is 64.1 Å². The molecule has 2 atom stereocenters. The van der Waals surface area contributed by atoms with E-state index in [1.54, 1.807) is 4.90 Å². The Bertz CT molecular complexity index is 431. The second kappa shape index (κ2) is 7.62. The highest BCUT2D eigenvalue weighted by Gasteiger charge is 2.36. The Hall–Kier alpha value is -1.14. The summed E-state index contributed by atoms with van der Waals surface area (Å²) in [7, 11) is 1.82. The lowest BCUT2D eigenvalue weighted by molar-refractivity contribution is -0.150. The molecule has 6 heteroatoms. The molecule has 0 aromatic rings. The Kier molecular flexibility index (Phi) is 6.03. The first-order chi connectivity index (χ1) is 10.8. The summed E-state index contributed by atoms with van der Waals surface area (Å²) in [4.78, 5) is 28.4. The van der Waals surface area contributed by atoms with Crippen molar-refractivity contribution in [2.75, 3.05) is 33.3 Å². The number of morpholine rings is 1. The Morgan fingerprint density at radius 2 is 1.91 bits per heavy atom. The molecule has 1 aliphatic heterocycles. The molecule has 0 bridgehead atoms. The molecule has 0 radical (unpaired) electrons. The van der Waals surface area contributed by atoms with Gasteiger partial charge in [-0.3, -0.25) is 14.5 Å². The van der Waals surface area contributed by atoms with E-state index in [-0.39, 0.29) is 42.6 Å². The first kappa shape index (κ1) is 18.2. The molecule has 0 aromatic carbocycles. The number of carbonyl (C=O) groups is 2. The Labute approximate surface area is 139 Å². The Morgan fingerprint density at radius 1 is 1.22 bits per heavy atom. The van der Waals surface area contributed by atoms with Crippen LogP contribution < -0.4 is 5.32 Å². The molecule has 2 aliphatic rings. The number of nitrogens with one attached hydrogen (secondary N) is 1. The lowest BCUT2D eigenvalue weighted by atomic mass is 9.90. The van der Waals surface area contributed by atoms with Crippen LogP contribution in [0.4, 0.5) is 0 Å². The molecule has 1 saturated heterocycles. The molecule has 2 rings (SSSR count). The van der Waals surface area contributed by atoms with E-state index >= 15 is 0 Å². The van der Waals surface area contributed by atoms with Gasteiger partial charge in [-0.15, -0.1) is 0 Å². The van der Waals surface area contributed by atoms with Gasteiger partial charge in [0.1, 0.15) is 0 Å². The van der Waals surface area contributed by atoms with Gasteiger partial charge in [-0.25, -0.2) is 0 Å². The molecule has 0 spiro atoms. The minimum Gasteiger partial charge on any atom is -0.374 e. The van der Waals surface area contributed by atoms with Crippen molar-refractivity contribution in [2.24, 2.45) is 0 Å². The highest BCUT2D eigenvalue weighted by molar-refractivity contribution is 5.81. The molecule has 0 aromatic heterocycles. The summed E-state index contributed by atoms with van der Waals surface area (Å²) >= 11 is 0. The fourth-order valence-corrected chi connectivity index (χ4v) is 3.49. The topological polar surface area (TPSA) is 61.9 Å².